The number of anilines is 2. The highest BCUT2D eigenvalue weighted by molar-refractivity contribution is 7.93. The van der Waals surface area contributed by atoms with Gasteiger partial charge in [0, 0.05) is 29.0 Å². The molecule has 1 amide bonds. The highest BCUT2D eigenvalue weighted by atomic mass is 32.2. The Morgan fingerprint density at radius 3 is 2.48 bits per heavy atom. The van der Waals surface area contributed by atoms with Gasteiger partial charge in [-0.3, -0.25) is 9.52 Å². The topological polar surface area (TPSA) is 93.1 Å². The monoisotopic (exact) mass is 494 g/mol. The van der Waals surface area contributed by atoms with Crippen LogP contribution < -0.4 is 10.0 Å². The zero-order valence-electron chi connectivity index (χ0n) is 17.0. The summed E-state index contributed by atoms with van der Waals surface area (Å²) in [6.45, 7) is 1.56. The van der Waals surface area contributed by atoms with Gasteiger partial charge < -0.3 is 9.88 Å². The minimum Gasteiger partial charge on any atom is -0.335 e. The molecule has 1 unspecified atom stereocenters. The van der Waals surface area contributed by atoms with E-state index >= 15 is 0 Å². The summed E-state index contributed by atoms with van der Waals surface area (Å²) in [5, 5.41) is 5.10. The zero-order valence-corrected chi connectivity index (χ0v) is 18.6. The Balaban J connectivity index is 1.50. The van der Waals surface area contributed by atoms with Gasteiger partial charge in [-0.05, 0) is 54.8 Å². The molecule has 12 heteroatoms. The number of sulfonamides is 1. The lowest BCUT2D eigenvalue weighted by molar-refractivity contribution is -0.137. The van der Waals surface area contributed by atoms with E-state index in [1.807, 2.05) is 0 Å². The molecule has 33 heavy (non-hydrogen) atoms. The van der Waals surface area contributed by atoms with Crippen LogP contribution in [0.1, 0.15) is 18.5 Å². The molecule has 2 aromatic heterocycles. The van der Waals surface area contributed by atoms with Crippen molar-refractivity contribution in [3.05, 3.63) is 71.9 Å². The molecule has 0 aliphatic carbocycles. The summed E-state index contributed by atoms with van der Waals surface area (Å²) < 4.78 is 67.9. The average Bonchev–Trinajstić information content (AvgIpc) is 3.41. The van der Waals surface area contributed by atoms with Gasteiger partial charge in [-0.25, -0.2) is 13.4 Å². The fraction of sp³-hybridized carbons (Fsp3) is 0.143. The first-order valence-electron chi connectivity index (χ1n) is 9.56. The van der Waals surface area contributed by atoms with E-state index in [-0.39, 0.29) is 15.5 Å². The number of hydrogen-bond donors (Lipinski definition) is 2. The van der Waals surface area contributed by atoms with Gasteiger partial charge in [0.05, 0.1) is 10.5 Å². The molecule has 1 atom stereocenters. The highest BCUT2D eigenvalue weighted by Crippen LogP contribution is 2.32. The molecule has 2 aromatic carbocycles. The van der Waals surface area contributed by atoms with E-state index in [0.717, 1.165) is 23.5 Å². The van der Waals surface area contributed by atoms with Crippen LogP contribution in [0, 0.1) is 0 Å². The van der Waals surface area contributed by atoms with Crippen molar-refractivity contribution in [1.29, 1.82) is 0 Å². The number of nitrogens with zero attached hydrogens (tertiary/aromatic N) is 2. The van der Waals surface area contributed by atoms with Crippen molar-refractivity contribution >= 4 is 49.0 Å². The number of hydrogen-bond acceptors (Lipinski definition) is 5. The van der Waals surface area contributed by atoms with E-state index in [4.69, 9.17) is 0 Å². The van der Waals surface area contributed by atoms with E-state index < -0.39 is 33.7 Å². The van der Waals surface area contributed by atoms with E-state index in [9.17, 15) is 26.4 Å². The minimum atomic E-state index is -4.49. The third-order valence-corrected chi connectivity index (χ3v) is 7.11. The van der Waals surface area contributed by atoms with Crippen LogP contribution in [0.25, 0.3) is 10.9 Å². The van der Waals surface area contributed by atoms with E-state index in [0.29, 0.717) is 11.1 Å². The normalized spacial score (nSPS) is 13.1. The second kappa shape index (κ2) is 8.52. The summed E-state index contributed by atoms with van der Waals surface area (Å²) in [6.07, 6.45) is -1.47. The van der Waals surface area contributed by atoms with E-state index in [1.54, 1.807) is 24.6 Å². The molecule has 0 radical (unpaired) electrons. The van der Waals surface area contributed by atoms with Crippen LogP contribution in [-0.4, -0.2) is 23.9 Å². The van der Waals surface area contributed by atoms with Crippen LogP contribution >= 0.6 is 11.3 Å². The second-order valence-electron chi connectivity index (χ2n) is 7.13. The van der Waals surface area contributed by atoms with Crippen molar-refractivity contribution in [1.82, 2.24) is 9.55 Å². The molecule has 0 spiro atoms. The Morgan fingerprint density at radius 2 is 1.85 bits per heavy atom. The largest absolute Gasteiger partial charge is 0.416 e. The third kappa shape index (κ3) is 4.86. The standard InChI is InChI=1S/C21H17F3N4O3S2/c1-13(28-10-8-14-2-3-15(12-18(14)28)21(22,23)24)19(29)26-16-4-6-17(7-5-16)33(30,31)27-20-25-9-11-32-20/h2-13H,1H3,(H,25,27)(H,26,29). The first kappa shape index (κ1) is 22.8. The fourth-order valence-corrected chi connectivity index (χ4v) is 4.99. The Hall–Kier alpha value is -3.38. The quantitative estimate of drug-likeness (QED) is 0.389. The summed E-state index contributed by atoms with van der Waals surface area (Å²) >= 11 is 1.14. The molecule has 0 aliphatic heterocycles. The summed E-state index contributed by atoms with van der Waals surface area (Å²) in [7, 11) is -3.83. The van der Waals surface area contributed by atoms with Crippen molar-refractivity contribution < 1.29 is 26.4 Å². The Labute approximate surface area is 190 Å². The molecule has 0 aliphatic rings. The lowest BCUT2D eigenvalue weighted by Gasteiger charge is -2.16. The molecule has 172 valence electrons. The molecule has 0 bridgehead atoms. The molecule has 2 N–H and O–H groups in total. The molecule has 2 heterocycles. The molecule has 4 aromatic rings. The number of thiazole rings is 1. The summed E-state index contributed by atoms with van der Waals surface area (Å²) in [5.41, 5.74) is -0.180. The first-order valence-corrected chi connectivity index (χ1v) is 11.9. The Kier molecular flexibility index (Phi) is 5.89. The van der Waals surface area contributed by atoms with Gasteiger partial charge >= 0.3 is 6.18 Å². The number of amides is 1. The third-order valence-electron chi connectivity index (χ3n) is 4.93. The van der Waals surface area contributed by atoms with Crippen LogP contribution in [0.4, 0.5) is 24.0 Å². The van der Waals surface area contributed by atoms with E-state index in [1.165, 1.54) is 41.1 Å². The number of fused-ring (bicyclic) bond motifs is 1. The molecular formula is C21H17F3N4O3S2. The van der Waals surface area contributed by atoms with Crippen LogP contribution in [0.5, 0.6) is 0 Å². The highest BCUT2D eigenvalue weighted by Gasteiger charge is 2.31. The number of halogens is 3. The predicted octanol–water partition coefficient (Wildman–Crippen LogP) is 5.12. The van der Waals surface area contributed by atoms with Gasteiger partial charge in [-0.15, -0.1) is 11.3 Å². The summed E-state index contributed by atoms with van der Waals surface area (Å²) in [5.74, 6) is -0.471. The zero-order chi connectivity index (χ0) is 23.8. The maximum Gasteiger partial charge on any atom is 0.416 e. The van der Waals surface area contributed by atoms with Crippen LogP contribution in [-0.2, 0) is 21.0 Å². The molecule has 0 saturated carbocycles. The minimum absolute atomic E-state index is 0.0140. The lowest BCUT2D eigenvalue weighted by atomic mass is 10.1. The first-order chi connectivity index (χ1) is 15.5. The number of nitrogens with one attached hydrogen (secondary N) is 2. The molecule has 0 saturated heterocycles. The van der Waals surface area contributed by atoms with Gasteiger partial charge in [0.25, 0.3) is 10.0 Å². The number of carbonyl (C=O) groups excluding carboxylic acids is 1. The van der Waals surface area contributed by atoms with Crippen LogP contribution in [0.2, 0.25) is 0 Å². The van der Waals surface area contributed by atoms with Crippen molar-refractivity contribution in [2.45, 2.75) is 24.0 Å². The molecule has 0 fully saturated rings. The Morgan fingerprint density at radius 1 is 1.12 bits per heavy atom. The maximum atomic E-state index is 13.1. The smallest absolute Gasteiger partial charge is 0.335 e. The lowest BCUT2D eigenvalue weighted by Crippen LogP contribution is -2.23. The predicted molar refractivity (Wildman–Crippen MR) is 120 cm³/mol. The fourth-order valence-electron chi connectivity index (χ4n) is 3.20. The van der Waals surface area contributed by atoms with Gasteiger partial charge in [-0.2, -0.15) is 13.2 Å². The second-order valence-corrected chi connectivity index (χ2v) is 9.70. The maximum absolute atomic E-state index is 13.1. The van der Waals surface area contributed by atoms with Gasteiger partial charge in [0.15, 0.2) is 5.13 Å². The number of aromatic nitrogens is 2. The summed E-state index contributed by atoms with van der Waals surface area (Å²) in [4.78, 5) is 16.6. The van der Waals surface area contributed by atoms with Crippen molar-refractivity contribution in [2.24, 2.45) is 0 Å². The van der Waals surface area contributed by atoms with Crippen molar-refractivity contribution in [3.8, 4) is 0 Å². The SMILES string of the molecule is CC(C(=O)Nc1ccc(S(=O)(=O)Nc2nccs2)cc1)n1ccc2ccc(C(F)(F)F)cc21. The summed E-state index contributed by atoms with van der Waals surface area (Å²) in [6, 6.07) is 9.69. The molecular weight excluding hydrogens is 477 g/mol. The Bertz CT molecular complexity index is 1400. The van der Waals surface area contributed by atoms with Crippen molar-refractivity contribution in [2.75, 3.05) is 10.0 Å². The number of alkyl halides is 3. The number of benzene rings is 2. The van der Waals surface area contributed by atoms with Crippen LogP contribution in [0.3, 0.4) is 0 Å². The van der Waals surface area contributed by atoms with Gasteiger partial charge in [0.2, 0.25) is 5.91 Å². The van der Waals surface area contributed by atoms with Gasteiger partial charge in [0.1, 0.15) is 6.04 Å². The average molecular weight is 495 g/mol. The number of rotatable bonds is 6. The van der Waals surface area contributed by atoms with Crippen molar-refractivity contribution in [3.63, 3.8) is 0 Å². The van der Waals surface area contributed by atoms with Crippen LogP contribution in [0.15, 0.2) is 71.2 Å². The number of carbonyl (C=O) groups is 1. The van der Waals surface area contributed by atoms with E-state index in [2.05, 4.69) is 15.0 Å². The van der Waals surface area contributed by atoms with Gasteiger partial charge in [-0.1, -0.05) is 6.07 Å². The molecule has 7 nitrogen and oxygen atoms in total. The molecule has 4 rings (SSSR count).